The zero-order valence-electron chi connectivity index (χ0n) is 18.6. The van der Waals surface area contributed by atoms with Crippen molar-refractivity contribution >= 4 is 45.3 Å². The lowest BCUT2D eigenvalue weighted by atomic mass is 10.1. The van der Waals surface area contributed by atoms with Crippen molar-refractivity contribution in [3.05, 3.63) is 47.7 Å². The first kappa shape index (κ1) is 23.9. The minimum absolute atomic E-state index is 0.150. The van der Waals surface area contributed by atoms with Crippen molar-refractivity contribution in [3.8, 4) is 17.1 Å². The second-order valence-electron chi connectivity index (χ2n) is 7.55. The molecular formula is C22H24N6O4S2. The van der Waals surface area contributed by atoms with Gasteiger partial charge in [0.2, 0.25) is 16.9 Å². The zero-order chi connectivity index (χ0) is 24.1. The molecule has 34 heavy (non-hydrogen) atoms. The smallest absolute Gasteiger partial charge is 0.253 e. The summed E-state index contributed by atoms with van der Waals surface area (Å²) in [5.74, 6) is -0.373. The predicted molar refractivity (Wildman–Crippen MR) is 131 cm³/mol. The number of nitrogens with one attached hydrogen (secondary N) is 3. The van der Waals surface area contributed by atoms with Crippen molar-refractivity contribution in [3.63, 3.8) is 0 Å². The van der Waals surface area contributed by atoms with Crippen LogP contribution in [-0.2, 0) is 21.0 Å². The van der Waals surface area contributed by atoms with Crippen molar-refractivity contribution in [1.29, 1.82) is 0 Å². The Hall–Kier alpha value is -3.22. The van der Waals surface area contributed by atoms with Crippen molar-refractivity contribution in [2.75, 3.05) is 16.6 Å². The third-order valence-electron chi connectivity index (χ3n) is 4.80. The van der Waals surface area contributed by atoms with Gasteiger partial charge in [-0.15, -0.1) is 11.3 Å². The fourth-order valence-electron chi connectivity index (χ4n) is 3.04. The molecule has 3 aromatic rings. The lowest BCUT2D eigenvalue weighted by Crippen LogP contribution is -2.36. The Morgan fingerprint density at radius 2 is 2.00 bits per heavy atom. The Kier molecular flexibility index (Phi) is 7.60. The fraction of sp³-hybridized carbons (Fsp3) is 0.318. The van der Waals surface area contributed by atoms with Crippen LogP contribution in [0.2, 0.25) is 0 Å². The maximum absolute atomic E-state index is 13.0. The average Bonchev–Trinajstić information content (AvgIpc) is 3.58. The maximum atomic E-state index is 13.0. The van der Waals surface area contributed by atoms with Gasteiger partial charge in [-0.3, -0.25) is 14.6 Å². The summed E-state index contributed by atoms with van der Waals surface area (Å²) in [6.45, 7) is 3.70. The van der Waals surface area contributed by atoms with E-state index in [9.17, 15) is 14.1 Å². The van der Waals surface area contributed by atoms with Gasteiger partial charge >= 0.3 is 0 Å². The highest BCUT2D eigenvalue weighted by atomic mass is 32.2. The molecule has 2 unspecified atom stereocenters. The Labute approximate surface area is 203 Å². The van der Waals surface area contributed by atoms with E-state index in [2.05, 4.69) is 30.3 Å². The van der Waals surface area contributed by atoms with Gasteiger partial charge in [0.25, 0.3) is 5.91 Å². The van der Waals surface area contributed by atoms with Crippen LogP contribution in [0.5, 0.6) is 5.88 Å². The minimum Gasteiger partial charge on any atom is -0.593 e. The number of nitrogens with zero attached hydrogens (tertiary/aromatic N) is 3. The van der Waals surface area contributed by atoms with Crippen LogP contribution in [0.3, 0.4) is 0 Å². The van der Waals surface area contributed by atoms with Gasteiger partial charge in [0.05, 0.1) is 41.8 Å². The van der Waals surface area contributed by atoms with Crippen LogP contribution in [0.4, 0.5) is 10.8 Å². The van der Waals surface area contributed by atoms with Gasteiger partial charge < -0.3 is 19.9 Å². The van der Waals surface area contributed by atoms with Crippen LogP contribution in [0.15, 0.2) is 42.0 Å². The number of ether oxygens (including phenoxy) is 1. The summed E-state index contributed by atoms with van der Waals surface area (Å²) in [5, 5.41) is 7.70. The van der Waals surface area contributed by atoms with Crippen LogP contribution in [0, 0.1) is 0 Å². The third-order valence-corrected chi connectivity index (χ3v) is 7.17. The monoisotopic (exact) mass is 500 g/mol. The first-order valence-electron chi connectivity index (χ1n) is 10.7. The summed E-state index contributed by atoms with van der Waals surface area (Å²) in [5.41, 5.74) is 2.37. The highest BCUT2D eigenvalue weighted by Gasteiger charge is 2.36. The van der Waals surface area contributed by atoms with E-state index in [1.807, 2.05) is 6.92 Å². The second-order valence-corrected chi connectivity index (χ2v) is 9.88. The zero-order valence-corrected chi connectivity index (χ0v) is 20.2. The molecule has 3 N–H and O–H groups in total. The first-order valence-corrected chi connectivity index (χ1v) is 12.8. The van der Waals surface area contributed by atoms with E-state index in [1.54, 1.807) is 42.0 Å². The summed E-state index contributed by atoms with van der Waals surface area (Å²) < 4.78 is 20.4. The lowest BCUT2D eigenvalue weighted by Gasteiger charge is -2.16. The Balaban J connectivity index is 1.45. The summed E-state index contributed by atoms with van der Waals surface area (Å²) in [6, 6.07) is 6.09. The van der Waals surface area contributed by atoms with E-state index in [0.29, 0.717) is 34.7 Å². The number of carbonyl (C=O) groups excluding carboxylic acids is 2. The van der Waals surface area contributed by atoms with Crippen LogP contribution in [-0.4, -0.2) is 43.2 Å². The van der Waals surface area contributed by atoms with Gasteiger partial charge in [-0.25, -0.2) is 9.97 Å². The highest BCUT2D eigenvalue weighted by molar-refractivity contribution is 7.93. The average molecular weight is 501 g/mol. The molecule has 2 aromatic heterocycles. The molecule has 2 amide bonds. The molecule has 0 radical (unpaired) electrons. The molecule has 12 heteroatoms. The molecular weight excluding hydrogens is 476 g/mol. The number of aromatic nitrogens is 3. The molecule has 0 spiro atoms. The van der Waals surface area contributed by atoms with E-state index in [1.165, 1.54) is 18.3 Å². The fourth-order valence-corrected chi connectivity index (χ4v) is 5.00. The van der Waals surface area contributed by atoms with Crippen LogP contribution in [0.1, 0.15) is 38.4 Å². The Morgan fingerprint density at radius 1 is 1.24 bits per heavy atom. The first-order chi connectivity index (χ1) is 16.4. The maximum Gasteiger partial charge on any atom is 0.253 e. The molecule has 10 nitrogen and oxygen atoms in total. The number of amides is 2. The van der Waals surface area contributed by atoms with Crippen molar-refractivity contribution in [2.45, 2.75) is 38.0 Å². The molecule has 178 valence electrons. The normalized spacial score (nSPS) is 14.7. The van der Waals surface area contributed by atoms with Gasteiger partial charge in [-0.1, -0.05) is 12.1 Å². The lowest BCUT2D eigenvalue weighted by molar-refractivity contribution is -0.125. The number of carbonyl (C=O) groups is 2. The molecule has 2 heterocycles. The van der Waals surface area contributed by atoms with Gasteiger partial charge in [0.15, 0.2) is 6.04 Å². The predicted octanol–water partition coefficient (Wildman–Crippen LogP) is 3.05. The molecule has 1 saturated carbocycles. The molecule has 0 bridgehead atoms. The molecule has 1 aromatic carbocycles. The van der Waals surface area contributed by atoms with Crippen LogP contribution < -0.4 is 20.1 Å². The van der Waals surface area contributed by atoms with E-state index in [4.69, 9.17) is 4.74 Å². The molecule has 0 saturated heterocycles. The van der Waals surface area contributed by atoms with E-state index in [-0.39, 0.29) is 11.2 Å². The van der Waals surface area contributed by atoms with Gasteiger partial charge in [0.1, 0.15) is 5.25 Å². The van der Waals surface area contributed by atoms with E-state index < -0.39 is 23.3 Å². The van der Waals surface area contributed by atoms with E-state index >= 15 is 0 Å². The molecule has 2 atom stereocenters. The topological polar surface area (TPSA) is 141 Å². The number of anilines is 2. The largest absolute Gasteiger partial charge is 0.593 e. The van der Waals surface area contributed by atoms with Crippen molar-refractivity contribution in [2.24, 2.45) is 0 Å². The third kappa shape index (κ3) is 6.22. The SMILES string of the molecule is CCOc1cncc(-c2ccc(NC(=O)C(NC(C)=O)c3csc(N[S+]([O-])C4CC4)n3)cc2)n1. The quantitative estimate of drug-likeness (QED) is 0.361. The van der Waals surface area contributed by atoms with E-state index in [0.717, 1.165) is 18.4 Å². The molecule has 1 fully saturated rings. The second kappa shape index (κ2) is 10.8. The molecule has 0 aliphatic heterocycles. The number of benzene rings is 1. The standard InChI is InChI=1S/C22H24N6O4S2/c1-3-32-19-11-23-10-17(26-19)14-4-6-15(7-5-14)25-21(30)20(24-13(2)29)18-12-33-22(27-18)28-34(31)16-8-9-16/h4-7,10-12,16,20H,3,8-9H2,1-2H3,(H,24,29)(H,25,30)(H,27,28). The summed E-state index contributed by atoms with van der Waals surface area (Å²) >= 11 is 0.0437. The minimum atomic E-state index is -1.19. The number of thiazole rings is 1. The van der Waals surface area contributed by atoms with Crippen LogP contribution >= 0.6 is 11.3 Å². The molecule has 4 rings (SSSR count). The van der Waals surface area contributed by atoms with Crippen molar-refractivity contribution in [1.82, 2.24) is 20.3 Å². The Bertz CT molecular complexity index is 1150. The summed E-state index contributed by atoms with van der Waals surface area (Å²) in [4.78, 5) is 37.6. The summed E-state index contributed by atoms with van der Waals surface area (Å²) in [7, 11) is 0. The highest BCUT2D eigenvalue weighted by Crippen LogP contribution is 2.31. The molecule has 1 aliphatic rings. The van der Waals surface area contributed by atoms with Gasteiger partial charge in [-0.05, 0) is 19.1 Å². The van der Waals surface area contributed by atoms with Crippen LogP contribution in [0.25, 0.3) is 11.3 Å². The number of rotatable bonds is 10. The van der Waals surface area contributed by atoms with Gasteiger partial charge in [0, 0.05) is 36.4 Å². The molecule has 1 aliphatic carbocycles. The Morgan fingerprint density at radius 3 is 2.68 bits per heavy atom. The van der Waals surface area contributed by atoms with Crippen molar-refractivity contribution < 1.29 is 18.9 Å². The summed E-state index contributed by atoms with van der Waals surface area (Å²) in [6.07, 6.45) is 5.04. The number of hydrogen-bond donors (Lipinski definition) is 3. The van der Waals surface area contributed by atoms with Gasteiger partial charge in [-0.2, -0.15) is 4.72 Å². The number of hydrogen-bond acceptors (Lipinski definition) is 9.